The van der Waals surface area contributed by atoms with Gasteiger partial charge < -0.3 is 24.3 Å². The molecule has 1 heterocycles. The van der Waals surface area contributed by atoms with Crippen molar-refractivity contribution >= 4 is 34.4 Å². The van der Waals surface area contributed by atoms with E-state index in [0.717, 1.165) is 18.2 Å². The lowest BCUT2D eigenvalue weighted by Crippen LogP contribution is -2.47. The van der Waals surface area contributed by atoms with E-state index < -0.39 is 11.8 Å². The molecule has 0 bridgehead atoms. The molecule has 0 fully saturated rings. The van der Waals surface area contributed by atoms with Crippen molar-refractivity contribution in [2.45, 2.75) is 18.9 Å². The molecule has 6 rings (SSSR count). The minimum atomic E-state index is -0.559. The number of ether oxygens (including phenoxy) is 1. The Morgan fingerprint density at radius 2 is 1.45 bits per heavy atom. The van der Waals surface area contributed by atoms with Gasteiger partial charge in [-0.3, -0.25) is 14.4 Å². The first-order valence-electron chi connectivity index (χ1n) is 14.3. The molecular formula is C35H30FN3O5. The summed E-state index contributed by atoms with van der Waals surface area (Å²) >= 11 is 0. The van der Waals surface area contributed by atoms with Crippen LogP contribution in [0.4, 0.5) is 10.1 Å². The number of fused-ring (bicyclic) bond motifs is 2. The van der Waals surface area contributed by atoms with Gasteiger partial charge in [-0.15, -0.1) is 0 Å². The molecule has 9 heteroatoms. The molecule has 0 aliphatic heterocycles. The zero-order valence-corrected chi connectivity index (χ0v) is 24.0. The Morgan fingerprint density at radius 3 is 2.11 bits per heavy atom. The molecule has 1 aliphatic rings. The third-order valence-electron chi connectivity index (χ3n) is 7.74. The highest BCUT2D eigenvalue weighted by atomic mass is 19.1. The van der Waals surface area contributed by atoms with Gasteiger partial charge in [0.1, 0.15) is 36.0 Å². The van der Waals surface area contributed by atoms with Crippen LogP contribution in [0.25, 0.3) is 11.0 Å². The molecule has 0 unspecified atom stereocenters. The minimum Gasteiger partial charge on any atom is -0.457 e. The summed E-state index contributed by atoms with van der Waals surface area (Å²) in [6.07, 6.45) is 1.47. The first kappa shape index (κ1) is 28.7. The van der Waals surface area contributed by atoms with E-state index in [1.807, 2.05) is 24.3 Å². The van der Waals surface area contributed by atoms with Gasteiger partial charge in [-0.1, -0.05) is 42.5 Å². The summed E-state index contributed by atoms with van der Waals surface area (Å²) in [5.74, 6) is -0.660. The lowest BCUT2D eigenvalue weighted by Gasteiger charge is -2.28. The number of benzene rings is 4. The van der Waals surface area contributed by atoms with Crippen LogP contribution < -0.4 is 10.1 Å². The second-order valence-corrected chi connectivity index (χ2v) is 10.8. The fraction of sp³-hybridized carbons (Fsp3) is 0.171. The second kappa shape index (κ2) is 12.4. The highest BCUT2D eigenvalue weighted by Gasteiger charge is 2.31. The molecule has 4 aromatic carbocycles. The van der Waals surface area contributed by atoms with E-state index in [0.29, 0.717) is 22.8 Å². The summed E-state index contributed by atoms with van der Waals surface area (Å²) in [6.45, 7) is -0.661. The maximum absolute atomic E-state index is 13.6. The van der Waals surface area contributed by atoms with Crippen LogP contribution in [0.2, 0.25) is 0 Å². The summed E-state index contributed by atoms with van der Waals surface area (Å²) in [5, 5.41) is 3.53. The van der Waals surface area contributed by atoms with E-state index in [-0.39, 0.29) is 36.6 Å². The molecule has 0 radical (unpaired) electrons. The van der Waals surface area contributed by atoms with E-state index in [1.165, 1.54) is 40.3 Å². The average Bonchev–Trinajstić information content (AvgIpc) is 3.67. The Morgan fingerprint density at radius 1 is 0.841 bits per heavy atom. The van der Waals surface area contributed by atoms with Crippen molar-refractivity contribution in [3.05, 3.63) is 126 Å². The van der Waals surface area contributed by atoms with Gasteiger partial charge in [-0.2, -0.15) is 0 Å². The highest BCUT2D eigenvalue weighted by Crippen LogP contribution is 2.26. The van der Waals surface area contributed by atoms with Crippen molar-refractivity contribution in [2.75, 3.05) is 25.5 Å². The molecule has 44 heavy (non-hydrogen) atoms. The van der Waals surface area contributed by atoms with Crippen LogP contribution >= 0.6 is 0 Å². The van der Waals surface area contributed by atoms with E-state index in [4.69, 9.17) is 9.15 Å². The van der Waals surface area contributed by atoms with Gasteiger partial charge in [0.2, 0.25) is 11.8 Å². The summed E-state index contributed by atoms with van der Waals surface area (Å²) in [5.41, 5.74) is 3.43. The summed E-state index contributed by atoms with van der Waals surface area (Å²) in [7, 11) is 1.73. The standard InChI is InChI=1S/C35H30FN3O5/c1-38(28-18-23-6-2-3-7-24(23)19-28)34(41)22-39(35(42)32-20-25-8-4-5-9-31(25)44-32)21-33(40)37-27-12-16-30(17-13-27)43-29-14-10-26(36)11-15-29/h2-17,20,28H,18-19,21-22H2,1H3,(H,37,40). The van der Waals surface area contributed by atoms with Crippen molar-refractivity contribution in [1.29, 1.82) is 0 Å². The third-order valence-corrected chi connectivity index (χ3v) is 7.74. The number of halogens is 1. The zero-order valence-electron chi connectivity index (χ0n) is 24.0. The first-order chi connectivity index (χ1) is 21.3. The molecule has 0 spiro atoms. The largest absolute Gasteiger partial charge is 0.457 e. The lowest BCUT2D eigenvalue weighted by molar-refractivity contribution is -0.132. The first-order valence-corrected chi connectivity index (χ1v) is 14.3. The lowest BCUT2D eigenvalue weighted by atomic mass is 10.1. The third kappa shape index (κ3) is 6.47. The van der Waals surface area contributed by atoms with Crippen molar-refractivity contribution < 1.29 is 27.9 Å². The Kier molecular flexibility index (Phi) is 8.10. The monoisotopic (exact) mass is 591 g/mol. The molecule has 8 nitrogen and oxygen atoms in total. The molecular weight excluding hydrogens is 561 g/mol. The summed E-state index contributed by atoms with van der Waals surface area (Å²) < 4.78 is 24.7. The number of furan rings is 1. The predicted molar refractivity (Wildman–Crippen MR) is 164 cm³/mol. The highest BCUT2D eigenvalue weighted by molar-refractivity contribution is 6.01. The quantitative estimate of drug-likeness (QED) is 0.225. The van der Waals surface area contributed by atoms with E-state index in [2.05, 4.69) is 17.4 Å². The zero-order chi connectivity index (χ0) is 30.6. The average molecular weight is 592 g/mol. The van der Waals surface area contributed by atoms with Crippen molar-refractivity contribution in [3.63, 3.8) is 0 Å². The van der Waals surface area contributed by atoms with Crippen LogP contribution in [0.3, 0.4) is 0 Å². The Bertz CT molecular complexity index is 1760. The number of hydrogen-bond donors (Lipinski definition) is 1. The second-order valence-electron chi connectivity index (χ2n) is 10.8. The summed E-state index contributed by atoms with van der Waals surface area (Å²) in [4.78, 5) is 43.2. The number of nitrogens with zero attached hydrogens (tertiary/aromatic N) is 2. The van der Waals surface area contributed by atoms with Gasteiger partial charge in [-0.25, -0.2) is 4.39 Å². The number of carbonyl (C=O) groups excluding carboxylic acids is 3. The maximum atomic E-state index is 13.6. The fourth-order valence-electron chi connectivity index (χ4n) is 5.35. The smallest absolute Gasteiger partial charge is 0.290 e. The topological polar surface area (TPSA) is 92.1 Å². The van der Waals surface area contributed by atoms with E-state index in [1.54, 1.807) is 54.4 Å². The van der Waals surface area contributed by atoms with Crippen LogP contribution in [0, 0.1) is 5.82 Å². The molecule has 0 atom stereocenters. The van der Waals surface area contributed by atoms with Gasteiger partial charge in [-0.05, 0) is 84.6 Å². The summed E-state index contributed by atoms with van der Waals surface area (Å²) in [6, 6.07) is 29.2. The molecule has 1 N–H and O–H groups in total. The van der Waals surface area contributed by atoms with Crippen molar-refractivity contribution in [3.8, 4) is 11.5 Å². The van der Waals surface area contributed by atoms with Crippen molar-refractivity contribution in [2.24, 2.45) is 0 Å². The Hall–Kier alpha value is -5.44. The molecule has 1 aliphatic carbocycles. The van der Waals surface area contributed by atoms with Gasteiger partial charge >= 0.3 is 0 Å². The molecule has 0 saturated heterocycles. The van der Waals surface area contributed by atoms with Crippen LogP contribution in [0.1, 0.15) is 21.7 Å². The van der Waals surface area contributed by atoms with E-state index >= 15 is 0 Å². The number of anilines is 1. The van der Waals surface area contributed by atoms with Crippen molar-refractivity contribution in [1.82, 2.24) is 9.80 Å². The number of amides is 3. The normalized spacial score (nSPS) is 12.5. The fourth-order valence-corrected chi connectivity index (χ4v) is 5.35. The molecule has 222 valence electrons. The number of para-hydroxylation sites is 1. The maximum Gasteiger partial charge on any atom is 0.290 e. The minimum absolute atomic E-state index is 0.0347. The number of hydrogen-bond acceptors (Lipinski definition) is 5. The van der Waals surface area contributed by atoms with Crippen LogP contribution in [-0.2, 0) is 22.4 Å². The number of rotatable bonds is 9. The predicted octanol–water partition coefficient (Wildman–Crippen LogP) is 6.07. The number of likely N-dealkylation sites (N-methyl/N-ethyl adjacent to an activating group) is 1. The Balaban J connectivity index is 1.15. The number of carbonyl (C=O) groups is 3. The number of nitrogens with one attached hydrogen (secondary N) is 1. The van der Waals surface area contributed by atoms with Crippen LogP contribution in [0.5, 0.6) is 11.5 Å². The molecule has 5 aromatic rings. The van der Waals surface area contributed by atoms with Crippen LogP contribution in [-0.4, -0.2) is 53.7 Å². The van der Waals surface area contributed by atoms with Gasteiger partial charge in [0.15, 0.2) is 5.76 Å². The van der Waals surface area contributed by atoms with E-state index in [9.17, 15) is 18.8 Å². The molecule has 1 aromatic heterocycles. The molecule has 0 saturated carbocycles. The van der Waals surface area contributed by atoms with Crippen LogP contribution in [0.15, 0.2) is 108 Å². The SMILES string of the molecule is CN(C(=O)CN(CC(=O)Nc1ccc(Oc2ccc(F)cc2)cc1)C(=O)c1cc2ccccc2o1)C1Cc2ccccc2C1. The van der Waals surface area contributed by atoms with Gasteiger partial charge in [0.05, 0.1) is 0 Å². The molecule has 3 amide bonds. The van der Waals surface area contributed by atoms with Gasteiger partial charge in [0.25, 0.3) is 5.91 Å². The Labute approximate surface area is 253 Å². The van der Waals surface area contributed by atoms with Gasteiger partial charge in [0, 0.05) is 24.2 Å².